The molecule has 0 saturated carbocycles. The molecule has 1 amide bonds. The Morgan fingerprint density at radius 1 is 1.45 bits per heavy atom. The van der Waals surface area contributed by atoms with E-state index in [1.54, 1.807) is 18.2 Å². The summed E-state index contributed by atoms with van der Waals surface area (Å²) in [6, 6.07) is 5.01. The number of hydrogen-bond acceptors (Lipinski definition) is 5. The van der Waals surface area contributed by atoms with Crippen LogP contribution in [0.1, 0.15) is 28.0 Å². The molecule has 106 valence electrons. The zero-order valence-electron chi connectivity index (χ0n) is 11.5. The summed E-state index contributed by atoms with van der Waals surface area (Å²) in [4.78, 5) is 16.4. The van der Waals surface area contributed by atoms with Crippen molar-refractivity contribution in [1.29, 1.82) is 0 Å². The molecular formula is C14H17N3O2S. The monoisotopic (exact) mass is 291 g/mol. The van der Waals surface area contributed by atoms with E-state index in [1.165, 1.54) is 11.3 Å². The molecule has 0 spiro atoms. The Bertz CT molecular complexity index is 610. The highest BCUT2D eigenvalue weighted by Gasteiger charge is 2.09. The van der Waals surface area contributed by atoms with Gasteiger partial charge in [-0.25, -0.2) is 4.98 Å². The number of nitrogens with one attached hydrogen (secondary N) is 1. The van der Waals surface area contributed by atoms with Gasteiger partial charge in [0.25, 0.3) is 5.91 Å². The largest absolute Gasteiger partial charge is 0.494 e. The van der Waals surface area contributed by atoms with Crippen molar-refractivity contribution in [1.82, 2.24) is 10.3 Å². The maximum atomic E-state index is 12.1. The van der Waals surface area contributed by atoms with Gasteiger partial charge in [-0.3, -0.25) is 4.79 Å². The first-order valence-corrected chi connectivity index (χ1v) is 7.19. The summed E-state index contributed by atoms with van der Waals surface area (Å²) in [6.07, 6.45) is 0. The maximum absolute atomic E-state index is 12.1. The topological polar surface area (TPSA) is 77.2 Å². The maximum Gasteiger partial charge on any atom is 0.251 e. The molecule has 1 aromatic carbocycles. The highest BCUT2D eigenvalue weighted by Crippen LogP contribution is 2.19. The lowest BCUT2D eigenvalue weighted by atomic mass is 10.1. The van der Waals surface area contributed by atoms with Crippen LogP contribution < -0.4 is 15.8 Å². The van der Waals surface area contributed by atoms with E-state index in [0.717, 1.165) is 10.7 Å². The van der Waals surface area contributed by atoms with Crippen molar-refractivity contribution in [3.05, 3.63) is 39.8 Å². The normalized spacial score (nSPS) is 10.3. The molecule has 0 aliphatic carbocycles. The molecule has 0 unspecified atom stereocenters. The smallest absolute Gasteiger partial charge is 0.251 e. The van der Waals surface area contributed by atoms with Crippen molar-refractivity contribution >= 4 is 22.9 Å². The average Bonchev–Trinajstić information content (AvgIpc) is 2.81. The second-order valence-corrected chi connectivity index (χ2v) is 5.23. The average molecular weight is 291 g/mol. The third kappa shape index (κ3) is 3.71. The number of nitrogen functional groups attached to an aromatic ring is 1. The van der Waals surface area contributed by atoms with Crippen LogP contribution in [0.2, 0.25) is 0 Å². The van der Waals surface area contributed by atoms with E-state index >= 15 is 0 Å². The number of nitrogens with zero attached hydrogens (tertiary/aromatic N) is 1. The number of aryl methyl sites for hydroxylation is 1. The van der Waals surface area contributed by atoms with E-state index in [0.29, 0.717) is 30.2 Å². The lowest BCUT2D eigenvalue weighted by Crippen LogP contribution is -2.22. The number of thiazole rings is 1. The Balaban J connectivity index is 2.04. The second-order valence-electron chi connectivity index (χ2n) is 4.29. The lowest BCUT2D eigenvalue weighted by molar-refractivity contribution is 0.0950. The van der Waals surface area contributed by atoms with Gasteiger partial charge in [0.15, 0.2) is 0 Å². The van der Waals surface area contributed by atoms with Gasteiger partial charge in [-0.15, -0.1) is 11.3 Å². The molecule has 0 fully saturated rings. The predicted molar refractivity (Wildman–Crippen MR) is 80.0 cm³/mol. The van der Waals surface area contributed by atoms with E-state index in [-0.39, 0.29) is 5.91 Å². The first-order valence-electron chi connectivity index (χ1n) is 6.31. The second kappa shape index (κ2) is 6.38. The van der Waals surface area contributed by atoms with Crippen LogP contribution in [-0.2, 0) is 6.54 Å². The number of benzene rings is 1. The predicted octanol–water partition coefficient (Wildman–Crippen LogP) is 2.36. The molecule has 3 N–H and O–H groups in total. The van der Waals surface area contributed by atoms with Gasteiger partial charge in [-0.1, -0.05) is 0 Å². The van der Waals surface area contributed by atoms with E-state index in [4.69, 9.17) is 10.5 Å². The van der Waals surface area contributed by atoms with Crippen molar-refractivity contribution in [2.75, 3.05) is 12.3 Å². The fourth-order valence-electron chi connectivity index (χ4n) is 1.75. The number of anilines is 1. The van der Waals surface area contributed by atoms with Crippen LogP contribution in [0.15, 0.2) is 23.6 Å². The van der Waals surface area contributed by atoms with Crippen molar-refractivity contribution in [3.63, 3.8) is 0 Å². The first-order chi connectivity index (χ1) is 9.58. The molecule has 0 radical (unpaired) electrons. The zero-order valence-corrected chi connectivity index (χ0v) is 12.3. The van der Waals surface area contributed by atoms with Crippen LogP contribution in [-0.4, -0.2) is 17.5 Å². The number of aromatic nitrogens is 1. The number of hydrogen-bond donors (Lipinski definition) is 2. The van der Waals surface area contributed by atoms with Crippen molar-refractivity contribution in [2.45, 2.75) is 20.4 Å². The minimum absolute atomic E-state index is 0.189. The van der Waals surface area contributed by atoms with Crippen molar-refractivity contribution in [2.24, 2.45) is 0 Å². The highest BCUT2D eigenvalue weighted by molar-refractivity contribution is 7.09. The minimum Gasteiger partial charge on any atom is -0.494 e. The molecule has 6 heteroatoms. The molecular weight excluding hydrogens is 274 g/mol. The Morgan fingerprint density at radius 2 is 2.25 bits per heavy atom. The lowest BCUT2D eigenvalue weighted by Gasteiger charge is -2.08. The molecule has 0 saturated heterocycles. The third-order valence-corrected chi connectivity index (χ3v) is 3.54. The van der Waals surface area contributed by atoms with E-state index in [1.807, 2.05) is 19.2 Å². The number of nitrogens with two attached hydrogens (primary N) is 1. The fourth-order valence-corrected chi connectivity index (χ4v) is 2.46. The van der Waals surface area contributed by atoms with Crippen LogP contribution in [0.5, 0.6) is 5.75 Å². The molecule has 0 aliphatic heterocycles. The quantitative estimate of drug-likeness (QED) is 0.829. The Morgan fingerprint density at radius 3 is 2.90 bits per heavy atom. The highest BCUT2D eigenvalue weighted by atomic mass is 32.1. The molecule has 0 atom stereocenters. The van der Waals surface area contributed by atoms with E-state index < -0.39 is 0 Å². The minimum atomic E-state index is -0.189. The van der Waals surface area contributed by atoms with Gasteiger partial charge in [0.1, 0.15) is 10.8 Å². The molecule has 0 aliphatic rings. The summed E-state index contributed by atoms with van der Waals surface area (Å²) in [7, 11) is 0. The summed E-state index contributed by atoms with van der Waals surface area (Å²) in [5.41, 5.74) is 7.72. The van der Waals surface area contributed by atoms with Gasteiger partial charge in [-0.2, -0.15) is 0 Å². The van der Waals surface area contributed by atoms with Gasteiger partial charge >= 0.3 is 0 Å². The molecule has 1 aromatic heterocycles. The van der Waals surface area contributed by atoms with Gasteiger partial charge in [-0.05, 0) is 26.0 Å². The van der Waals surface area contributed by atoms with Crippen LogP contribution >= 0.6 is 11.3 Å². The molecule has 2 aromatic rings. The number of carbonyl (C=O) groups is 1. The molecule has 0 bridgehead atoms. The Labute approximate surface area is 121 Å². The van der Waals surface area contributed by atoms with Gasteiger partial charge in [0.2, 0.25) is 0 Å². The summed E-state index contributed by atoms with van der Waals surface area (Å²) < 4.78 is 5.37. The Kier molecular flexibility index (Phi) is 4.57. The summed E-state index contributed by atoms with van der Waals surface area (Å²) >= 11 is 1.53. The van der Waals surface area contributed by atoms with Crippen LogP contribution in [0.4, 0.5) is 5.69 Å². The molecule has 20 heavy (non-hydrogen) atoms. The molecule has 1 heterocycles. The summed E-state index contributed by atoms with van der Waals surface area (Å²) in [5, 5.41) is 5.66. The number of amides is 1. The summed E-state index contributed by atoms with van der Waals surface area (Å²) in [5.74, 6) is 0.411. The molecule has 2 rings (SSSR count). The fraction of sp³-hybridized carbons (Fsp3) is 0.286. The Hall–Kier alpha value is -2.08. The van der Waals surface area contributed by atoms with Gasteiger partial charge in [0.05, 0.1) is 13.2 Å². The van der Waals surface area contributed by atoms with Crippen LogP contribution in [0, 0.1) is 6.92 Å². The van der Waals surface area contributed by atoms with Crippen LogP contribution in [0.3, 0.4) is 0 Å². The van der Waals surface area contributed by atoms with Crippen molar-refractivity contribution < 1.29 is 9.53 Å². The summed E-state index contributed by atoms with van der Waals surface area (Å²) in [6.45, 7) is 4.75. The SMILES string of the molecule is CCOc1cc(N)cc(C(=O)NCc2nc(C)cs2)c1. The zero-order chi connectivity index (χ0) is 14.5. The van der Waals surface area contributed by atoms with Crippen molar-refractivity contribution in [3.8, 4) is 5.75 Å². The first kappa shape index (κ1) is 14.3. The number of rotatable bonds is 5. The standard InChI is InChI=1S/C14H17N3O2S/c1-3-19-12-5-10(4-11(15)6-12)14(18)16-7-13-17-9(2)8-20-13/h4-6,8H,3,7,15H2,1-2H3,(H,16,18). The van der Waals surface area contributed by atoms with Gasteiger partial charge < -0.3 is 15.8 Å². The van der Waals surface area contributed by atoms with Gasteiger partial charge in [0, 0.05) is 28.4 Å². The number of carbonyl (C=O) groups excluding carboxylic acids is 1. The molecule has 5 nitrogen and oxygen atoms in total. The van der Waals surface area contributed by atoms with Crippen LogP contribution in [0.25, 0.3) is 0 Å². The van der Waals surface area contributed by atoms with E-state index in [2.05, 4.69) is 10.3 Å². The van der Waals surface area contributed by atoms with E-state index in [9.17, 15) is 4.79 Å². The number of ether oxygens (including phenoxy) is 1. The third-order valence-electron chi connectivity index (χ3n) is 2.57.